The summed E-state index contributed by atoms with van der Waals surface area (Å²) in [6, 6.07) is 5.20. The van der Waals surface area contributed by atoms with Crippen LogP contribution in [0, 0.1) is 11.6 Å². The van der Waals surface area contributed by atoms with Crippen LogP contribution in [-0.2, 0) is 6.54 Å². The first-order valence-electron chi connectivity index (χ1n) is 7.66. The average Bonchev–Trinajstić information content (AvgIpc) is 3.19. The molecule has 1 aromatic heterocycles. The summed E-state index contributed by atoms with van der Waals surface area (Å²) < 4.78 is 27.8. The molecule has 0 aliphatic heterocycles. The van der Waals surface area contributed by atoms with Gasteiger partial charge in [-0.2, -0.15) is 5.10 Å². The quantitative estimate of drug-likeness (QED) is 0.904. The third-order valence-corrected chi connectivity index (χ3v) is 4.02. The van der Waals surface area contributed by atoms with Crippen molar-refractivity contribution in [3.8, 4) is 0 Å². The first kappa shape index (κ1) is 15.5. The van der Waals surface area contributed by atoms with Gasteiger partial charge in [0.05, 0.1) is 12.2 Å². The van der Waals surface area contributed by atoms with E-state index in [1.807, 2.05) is 4.68 Å². The predicted octanol–water partition coefficient (Wildman–Crippen LogP) is 3.60. The molecule has 3 rings (SSSR count). The Morgan fingerprint density at radius 2 is 2.00 bits per heavy atom. The van der Waals surface area contributed by atoms with Crippen LogP contribution in [0.5, 0.6) is 0 Å². The number of nitrogens with zero attached hydrogens (tertiary/aromatic N) is 2. The second-order valence-corrected chi connectivity index (χ2v) is 5.66. The normalized spacial score (nSPS) is 14.9. The van der Waals surface area contributed by atoms with Gasteiger partial charge in [0.15, 0.2) is 11.6 Å². The Balaban J connectivity index is 1.57. The van der Waals surface area contributed by atoms with Crippen LogP contribution in [-0.4, -0.2) is 15.8 Å². The van der Waals surface area contributed by atoms with Crippen LogP contribution < -0.4 is 10.6 Å². The number of anilines is 1. The molecule has 122 valence electrons. The minimum Gasteiger partial charge on any atom is -0.334 e. The summed E-state index contributed by atoms with van der Waals surface area (Å²) in [5.41, 5.74) is 0.489. The van der Waals surface area contributed by atoms with Gasteiger partial charge in [-0.25, -0.2) is 18.3 Å². The molecule has 1 fully saturated rings. The summed E-state index contributed by atoms with van der Waals surface area (Å²) in [7, 11) is 0. The molecular formula is C16H18F2N4O. The maximum atomic E-state index is 13.1. The van der Waals surface area contributed by atoms with Gasteiger partial charge in [-0.05, 0) is 30.5 Å². The van der Waals surface area contributed by atoms with E-state index in [4.69, 9.17) is 0 Å². The van der Waals surface area contributed by atoms with Crippen molar-refractivity contribution in [3.05, 3.63) is 47.7 Å². The molecule has 0 unspecified atom stereocenters. The zero-order chi connectivity index (χ0) is 16.2. The van der Waals surface area contributed by atoms with Crippen LogP contribution in [0.3, 0.4) is 0 Å². The first-order chi connectivity index (χ1) is 11.1. The number of hydrogen-bond donors (Lipinski definition) is 2. The van der Waals surface area contributed by atoms with Crippen LogP contribution in [0.15, 0.2) is 30.5 Å². The SMILES string of the molecule is O=C(NCc1ccc(F)c(F)c1)Nc1ccnn1C1CCCC1. The Morgan fingerprint density at radius 3 is 2.74 bits per heavy atom. The second-order valence-electron chi connectivity index (χ2n) is 5.66. The molecule has 0 spiro atoms. The molecule has 2 aromatic rings. The summed E-state index contributed by atoms with van der Waals surface area (Å²) in [6.07, 6.45) is 6.13. The number of aromatic nitrogens is 2. The third kappa shape index (κ3) is 3.67. The van der Waals surface area contributed by atoms with Gasteiger partial charge in [-0.3, -0.25) is 5.32 Å². The Hall–Kier alpha value is -2.44. The number of urea groups is 1. The van der Waals surface area contributed by atoms with Gasteiger partial charge in [0.1, 0.15) is 5.82 Å². The zero-order valence-corrected chi connectivity index (χ0v) is 12.6. The highest BCUT2D eigenvalue weighted by Crippen LogP contribution is 2.31. The lowest BCUT2D eigenvalue weighted by molar-refractivity contribution is 0.251. The first-order valence-corrected chi connectivity index (χ1v) is 7.66. The molecule has 23 heavy (non-hydrogen) atoms. The highest BCUT2D eigenvalue weighted by molar-refractivity contribution is 5.88. The minimum atomic E-state index is -0.927. The number of carbonyl (C=O) groups is 1. The third-order valence-electron chi connectivity index (χ3n) is 4.02. The summed E-state index contributed by atoms with van der Waals surface area (Å²) in [5, 5.41) is 9.64. The van der Waals surface area contributed by atoms with Crippen molar-refractivity contribution in [1.82, 2.24) is 15.1 Å². The van der Waals surface area contributed by atoms with Crippen LogP contribution >= 0.6 is 0 Å². The van der Waals surface area contributed by atoms with Gasteiger partial charge in [0.2, 0.25) is 0 Å². The van der Waals surface area contributed by atoms with Crippen molar-refractivity contribution in [3.63, 3.8) is 0 Å². The van der Waals surface area contributed by atoms with Crippen LogP contribution in [0.25, 0.3) is 0 Å². The number of hydrogen-bond acceptors (Lipinski definition) is 2. The summed E-state index contributed by atoms with van der Waals surface area (Å²) in [6.45, 7) is 0.112. The molecule has 5 nitrogen and oxygen atoms in total. The van der Waals surface area contributed by atoms with Gasteiger partial charge < -0.3 is 5.32 Å². The van der Waals surface area contributed by atoms with Gasteiger partial charge in [0.25, 0.3) is 0 Å². The number of rotatable bonds is 4. The second kappa shape index (κ2) is 6.76. The largest absolute Gasteiger partial charge is 0.334 e. The molecule has 0 bridgehead atoms. The molecule has 1 heterocycles. The Labute approximate surface area is 132 Å². The van der Waals surface area contributed by atoms with E-state index in [1.54, 1.807) is 12.3 Å². The van der Waals surface area contributed by atoms with Crippen LogP contribution in [0.2, 0.25) is 0 Å². The fraction of sp³-hybridized carbons (Fsp3) is 0.375. The predicted molar refractivity (Wildman–Crippen MR) is 81.9 cm³/mol. The van der Waals surface area contributed by atoms with E-state index in [1.165, 1.54) is 18.9 Å². The van der Waals surface area contributed by atoms with Crippen molar-refractivity contribution in [2.45, 2.75) is 38.3 Å². The van der Waals surface area contributed by atoms with E-state index in [2.05, 4.69) is 15.7 Å². The van der Waals surface area contributed by atoms with E-state index >= 15 is 0 Å². The topological polar surface area (TPSA) is 59.0 Å². The molecule has 0 atom stereocenters. The zero-order valence-electron chi connectivity index (χ0n) is 12.6. The van der Waals surface area contributed by atoms with Crippen molar-refractivity contribution < 1.29 is 13.6 Å². The number of halogens is 2. The molecule has 1 saturated carbocycles. The van der Waals surface area contributed by atoms with E-state index < -0.39 is 17.7 Å². The highest BCUT2D eigenvalue weighted by Gasteiger charge is 2.20. The molecule has 1 aliphatic carbocycles. The molecule has 2 amide bonds. The summed E-state index contributed by atoms with van der Waals surface area (Å²) in [5.74, 6) is -1.19. The van der Waals surface area contributed by atoms with E-state index in [0.29, 0.717) is 17.4 Å². The number of carbonyl (C=O) groups excluding carboxylic acids is 1. The number of benzene rings is 1. The highest BCUT2D eigenvalue weighted by atomic mass is 19.2. The lowest BCUT2D eigenvalue weighted by atomic mass is 10.2. The van der Waals surface area contributed by atoms with Crippen LogP contribution in [0.1, 0.15) is 37.3 Å². The molecule has 0 saturated heterocycles. The summed E-state index contributed by atoms with van der Waals surface area (Å²) in [4.78, 5) is 12.0. The van der Waals surface area contributed by atoms with E-state index in [0.717, 1.165) is 25.0 Å². The standard InChI is InChI=1S/C16H18F2N4O/c17-13-6-5-11(9-14(13)18)10-19-16(23)21-15-7-8-20-22(15)12-3-1-2-4-12/h5-9,12H,1-4,10H2,(H2,19,21,23). The summed E-state index contributed by atoms with van der Waals surface area (Å²) >= 11 is 0. The van der Waals surface area contributed by atoms with Gasteiger partial charge in [0, 0.05) is 12.6 Å². The maximum Gasteiger partial charge on any atom is 0.320 e. The number of nitrogens with one attached hydrogen (secondary N) is 2. The molecule has 2 N–H and O–H groups in total. The smallest absolute Gasteiger partial charge is 0.320 e. The van der Waals surface area contributed by atoms with Gasteiger partial charge in [-0.1, -0.05) is 18.9 Å². The van der Waals surface area contributed by atoms with Crippen molar-refractivity contribution in [1.29, 1.82) is 0 Å². The van der Waals surface area contributed by atoms with Gasteiger partial charge in [-0.15, -0.1) is 0 Å². The molecule has 1 aliphatic rings. The van der Waals surface area contributed by atoms with Gasteiger partial charge >= 0.3 is 6.03 Å². The molecule has 1 aromatic carbocycles. The van der Waals surface area contributed by atoms with Crippen molar-refractivity contribution in [2.75, 3.05) is 5.32 Å². The van der Waals surface area contributed by atoms with Crippen LogP contribution in [0.4, 0.5) is 19.4 Å². The lowest BCUT2D eigenvalue weighted by Gasteiger charge is -2.15. The van der Waals surface area contributed by atoms with E-state index in [9.17, 15) is 13.6 Å². The molecular weight excluding hydrogens is 302 g/mol. The minimum absolute atomic E-state index is 0.112. The lowest BCUT2D eigenvalue weighted by Crippen LogP contribution is -2.29. The van der Waals surface area contributed by atoms with Crippen molar-refractivity contribution >= 4 is 11.8 Å². The fourth-order valence-electron chi connectivity index (χ4n) is 2.85. The number of amides is 2. The molecule has 0 radical (unpaired) electrons. The monoisotopic (exact) mass is 320 g/mol. The average molecular weight is 320 g/mol. The fourth-order valence-corrected chi connectivity index (χ4v) is 2.85. The maximum absolute atomic E-state index is 13.1. The Bertz CT molecular complexity index is 695. The van der Waals surface area contributed by atoms with E-state index in [-0.39, 0.29) is 6.54 Å². The Morgan fingerprint density at radius 1 is 1.22 bits per heavy atom. The van der Waals surface area contributed by atoms with Crippen molar-refractivity contribution in [2.24, 2.45) is 0 Å². The molecule has 7 heteroatoms. The Kier molecular flexibility index (Phi) is 4.55.